The summed E-state index contributed by atoms with van der Waals surface area (Å²) in [4.78, 5) is 4.85. The molecule has 0 radical (unpaired) electrons. The molecule has 1 aromatic carbocycles. The summed E-state index contributed by atoms with van der Waals surface area (Å²) in [6.45, 7) is 10.4. The second kappa shape index (κ2) is 29.7. The minimum atomic E-state index is 0.943. The molecule has 7 rings (SSSR count). The highest BCUT2D eigenvalue weighted by atomic mass is 14.9. The van der Waals surface area contributed by atoms with Crippen LogP contribution in [0.1, 0.15) is 206 Å². The highest BCUT2D eigenvalue weighted by molar-refractivity contribution is 5.73. The van der Waals surface area contributed by atoms with E-state index in [0.717, 1.165) is 26.2 Å². The van der Waals surface area contributed by atoms with Gasteiger partial charge >= 0.3 is 0 Å². The summed E-state index contributed by atoms with van der Waals surface area (Å²) in [5.74, 6) is 0. The first-order valence-corrected chi connectivity index (χ1v) is 28.4. The van der Waals surface area contributed by atoms with Crippen LogP contribution in [-0.4, -0.2) is 19.3 Å². The molecular formula is C64H92N4+2. The van der Waals surface area contributed by atoms with Crippen LogP contribution in [0.5, 0.6) is 0 Å². The molecule has 2 fully saturated rings. The molecular weight excluding hydrogens is 825 g/mol. The molecule has 0 saturated heterocycles. The first kappa shape index (κ1) is 51.5. The van der Waals surface area contributed by atoms with Gasteiger partial charge in [-0.3, -0.25) is 4.99 Å². The Morgan fingerprint density at radius 2 is 0.956 bits per heavy atom. The number of nitrogens with one attached hydrogen (secondary N) is 1. The van der Waals surface area contributed by atoms with Gasteiger partial charge in [0.25, 0.3) is 0 Å². The van der Waals surface area contributed by atoms with E-state index in [1.54, 1.807) is 44.5 Å². The van der Waals surface area contributed by atoms with Crippen molar-refractivity contribution in [3.05, 3.63) is 153 Å². The standard InChI is InChI=1S/C64H92N4/c1-3-25-54-27-15-18-35-62(54)50-66-42-22-6-10-32-59-49-60(33-11-7-23-44-67-46-39-56-29-16-19-36-63(56)51-67)58(31-9-5-21-41-65-43-38-55-28-14-13-26-53(55)4-2)48-61(59)34-12-8-24-45-68-47-40-57-30-17-20-37-64(57)52-68/h3-4,25,38-40,43,46-52,66H,1,5-24,26-37,41-42,44-45H2,2H3/q+2/b53-4-,54-25-,55-38-,62-50-,65-43?. The fourth-order valence-electron chi connectivity index (χ4n) is 11.8. The predicted octanol–water partition coefficient (Wildman–Crippen LogP) is 14.9. The van der Waals surface area contributed by atoms with E-state index < -0.39 is 0 Å². The smallest absolute Gasteiger partial charge is 0.172 e. The summed E-state index contributed by atoms with van der Waals surface area (Å²) < 4.78 is 4.95. The molecule has 4 aliphatic carbocycles. The minimum absolute atomic E-state index is 0.943. The molecule has 2 aromatic heterocycles. The molecule has 4 nitrogen and oxygen atoms in total. The van der Waals surface area contributed by atoms with Gasteiger partial charge in [0.2, 0.25) is 0 Å². The van der Waals surface area contributed by atoms with Crippen LogP contribution in [-0.2, 0) is 64.5 Å². The van der Waals surface area contributed by atoms with Gasteiger partial charge in [-0.05, 0) is 255 Å². The van der Waals surface area contributed by atoms with Gasteiger partial charge in [0.15, 0.2) is 24.8 Å². The third-order valence-electron chi connectivity index (χ3n) is 15.9. The molecule has 4 heteroatoms. The average molecular weight is 917 g/mol. The number of hydrogen-bond acceptors (Lipinski definition) is 2. The maximum atomic E-state index is 4.85. The Morgan fingerprint density at radius 3 is 1.49 bits per heavy atom. The van der Waals surface area contributed by atoms with Crippen LogP contribution in [0.2, 0.25) is 0 Å². The number of unbranched alkanes of at least 4 members (excludes halogenated alkanes) is 8. The normalized spacial score (nSPS) is 18.7. The summed E-state index contributed by atoms with van der Waals surface area (Å²) in [5, 5.41) is 3.70. The second-order valence-corrected chi connectivity index (χ2v) is 21.0. The molecule has 0 amide bonds. The quantitative estimate of drug-likeness (QED) is 0.0461. The van der Waals surface area contributed by atoms with Gasteiger partial charge in [-0.1, -0.05) is 49.8 Å². The number of allylic oxidation sites excluding steroid dienone is 8. The van der Waals surface area contributed by atoms with E-state index in [1.807, 2.05) is 6.08 Å². The fraction of sp³-hybridized carbons (Fsp3) is 0.578. The van der Waals surface area contributed by atoms with Gasteiger partial charge in [-0.2, -0.15) is 0 Å². The Morgan fingerprint density at radius 1 is 0.500 bits per heavy atom. The first-order chi connectivity index (χ1) is 33.7. The number of benzene rings is 1. The Kier molecular flexibility index (Phi) is 22.5. The molecule has 2 saturated carbocycles. The summed E-state index contributed by atoms with van der Waals surface area (Å²) >= 11 is 0. The molecule has 68 heavy (non-hydrogen) atoms. The molecule has 4 aliphatic rings. The van der Waals surface area contributed by atoms with Crippen LogP contribution >= 0.6 is 0 Å². The topological polar surface area (TPSA) is 32.1 Å². The summed E-state index contributed by atoms with van der Waals surface area (Å²) in [6.07, 6.45) is 63.3. The maximum absolute atomic E-state index is 4.85. The lowest BCUT2D eigenvalue weighted by atomic mass is 9.88. The largest absolute Gasteiger partial charge is 0.391 e. The summed E-state index contributed by atoms with van der Waals surface area (Å²) in [6, 6.07) is 10.2. The number of rotatable bonds is 27. The molecule has 1 N–H and O–H groups in total. The van der Waals surface area contributed by atoms with Crippen LogP contribution < -0.4 is 14.5 Å². The SMILES string of the molecule is C=C/C=C1/CCCC/C1=C/NCCCCCc1cc(CCCCC[n+]2ccc3c(c2)CCCC3)c(CCCCCN=C/C=C2/CCCC/C2=C/C)cc1CCCCC[n+]1ccc2c(c1)CCCC2. The molecule has 0 unspecified atom stereocenters. The molecule has 0 spiro atoms. The Bertz CT molecular complexity index is 2180. The number of nitrogens with zero attached hydrogens (tertiary/aromatic N) is 3. The van der Waals surface area contributed by atoms with E-state index >= 15 is 0 Å². The van der Waals surface area contributed by atoms with Crippen LogP contribution in [0.25, 0.3) is 0 Å². The number of fused-ring (bicyclic) bond motifs is 2. The average Bonchev–Trinajstić information content (AvgIpc) is 3.37. The number of pyridine rings is 2. The molecule has 3 aromatic rings. The molecule has 0 bridgehead atoms. The molecule has 0 atom stereocenters. The van der Waals surface area contributed by atoms with Gasteiger partial charge in [0.1, 0.15) is 13.1 Å². The van der Waals surface area contributed by atoms with Crippen molar-refractivity contribution < 1.29 is 9.13 Å². The van der Waals surface area contributed by atoms with Crippen molar-refractivity contribution >= 4 is 6.21 Å². The lowest BCUT2D eigenvalue weighted by molar-refractivity contribution is -0.698. The van der Waals surface area contributed by atoms with Crippen LogP contribution in [0.4, 0.5) is 0 Å². The number of aliphatic imine (C=N–C) groups is 1. The fourth-order valence-corrected chi connectivity index (χ4v) is 11.8. The van der Waals surface area contributed by atoms with E-state index in [4.69, 9.17) is 4.99 Å². The van der Waals surface area contributed by atoms with E-state index in [1.165, 1.54) is 228 Å². The van der Waals surface area contributed by atoms with Gasteiger partial charge in [0.05, 0.1) is 0 Å². The van der Waals surface area contributed by atoms with E-state index in [-0.39, 0.29) is 0 Å². The van der Waals surface area contributed by atoms with Crippen molar-refractivity contribution in [1.29, 1.82) is 0 Å². The van der Waals surface area contributed by atoms with Crippen LogP contribution in [0, 0.1) is 0 Å². The lowest BCUT2D eigenvalue weighted by Gasteiger charge is -2.18. The number of hydrogen-bond donors (Lipinski definition) is 1. The van der Waals surface area contributed by atoms with Crippen molar-refractivity contribution in [1.82, 2.24) is 5.32 Å². The first-order valence-electron chi connectivity index (χ1n) is 28.4. The number of aryl methyl sites for hydroxylation is 10. The zero-order valence-electron chi connectivity index (χ0n) is 43.1. The summed E-state index contributed by atoms with van der Waals surface area (Å²) in [5.41, 5.74) is 19.0. The number of aromatic nitrogens is 2. The van der Waals surface area contributed by atoms with E-state index in [9.17, 15) is 0 Å². The third-order valence-corrected chi connectivity index (χ3v) is 15.9. The van der Waals surface area contributed by atoms with Crippen LogP contribution in [0.15, 0.2) is 113 Å². The zero-order valence-corrected chi connectivity index (χ0v) is 43.1. The Labute approximate surface area is 415 Å². The van der Waals surface area contributed by atoms with Crippen molar-refractivity contribution in [2.45, 2.75) is 225 Å². The van der Waals surface area contributed by atoms with Crippen molar-refractivity contribution in [3.8, 4) is 0 Å². The van der Waals surface area contributed by atoms with Crippen molar-refractivity contribution in [3.63, 3.8) is 0 Å². The van der Waals surface area contributed by atoms with Gasteiger partial charge in [-0.15, -0.1) is 0 Å². The van der Waals surface area contributed by atoms with Gasteiger partial charge in [-0.25, -0.2) is 9.13 Å². The minimum Gasteiger partial charge on any atom is -0.391 e. The van der Waals surface area contributed by atoms with Crippen LogP contribution in [0.3, 0.4) is 0 Å². The monoisotopic (exact) mass is 917 g/mol. The molecule has 2 heterocycles. The van der Waals surface area contributed by atoms with Crippen molar-refractivity contribution in [2.24, 2.45) is 4.99 Å². The third kappa shape index (κ3) is 17.0. The maximum Gasteiger partial charge on any atom is 0.172 e. The highest BCUT2D eigenvalue weighted by Gasteiger charge is 2.17. The summed E-state index contributed by atoms with van der Waals surface area (Å²) in [7, 11) is 0. The highest BCUT2D eigenvalue weighted by Crippen LogP contribution is 2.30. The Balaban J connectivity index is 0.969. The van der Waals surface area contributed by atoms with Gasteiger partial charge < -0.3 is 5.32 Å². The van der Waals surface area contributed by atoms with E-state index in [0.29, 0.717) is 0 Å². The van der Waals surface area contributed by atoms with E-state index in [2.05, 4.69) is 108 Å². The van der Waals surface area contributed by atoms with Crippen molar-refractivity contribution in [2.75, 3.05) is 13.1 Å². The lowest BCUT2D eigenvalue weighted by Crippen LogP contribution is -2.34. The zero-order chi connectivity index (χ0) is 46.9. The predicted molar refractivity (Wildman–Crippen MR) is 290 cm³/mol. The Hall–Kier alpha value is -4.31. The van der Waals surface area contributed by atoms with Gasteiger partial charge in [0, 0.05) is 55.4 Å². The molecule has 366 valence electrons. The molecule has 0 aliphatic heterocycles. The second-order valence-electron chi connectivity index (χ2n) is 21.0.